The Morgan fingerprint density at radius 3 is 2.89 bits per heavy atom. The number of anilines is 1. The van der Waals surface area contributed by atoms with Crippen molar-refractivity contribution in [3.8, 4) is 0 Å². The molecule has 0 amide bonds. The molecule has 0 spiro atoms. The monoisotopic (exact) mass is 278 g/mol. The lowest BCUT2D eigenvalue weighted by Gasteiger charge is -2.15. The van der Waals surface area contributed by atoms with Gasteiger partial charge in [-0.2, -0.15) is 0 Å². The lowest BCUT2D eigenvalue weighted by atomic mass is 10.2. The molecule has 2 aromatic heterocycles. The van der Waals surface area contributed by atoms with Gasteiger partial charge in [-0.15, -0.1) is 11.3 Å². The molecule has 0 aromatic carbocycles. The summed E-state index contributed by atoms with van der Waals surface area (Å²) in [6, 6.07) is 3.04. The number of rotatable bonds is 5. The summed E-state index contributed by atoms with van der Waals surface area (Å²) in [5, 5.41) is 16.9. The number of pyridine rings is 1. The Labute approximate surface area is 114 Å². The molecule has 2 aromatic rings. The molecule has 2 rings (SSSR count). The highest BCUT2D eigenvalue weighted by molar-refractivity contribution is 7.09. The van der Waals surface area contributed by atoms with Crippen LogP contribution in [0.1, 0.15) is 30.1 Å². The molecule has 100 valence electrons. The summed E-state index contributed by atoms with van der Waals surface area (Å²) >= 11 is 1.52. The van der Waals surface area contributed by atoms with E-state index in [1.54, 1.807) is 19.2 Å². The van der Waals surface area contributed by atoms with E-state index in [2.05, 4.69) is 15.3 Å². The van der Waals surface area contributed by atoms with Crippen molar-refractivity contribution >= 4 is 22.8 Å². The van der Waals surface area contributed by atoms with Crippen molar-refractivity contribution < 1.29 is 4.92 Å². The van der Waals surface area contributed by atoms with Gasteiger partial charge in [0.15, 0.2) is 0 Å². The van der Waals surface area contributed by atoms with Crippen LogP contribution in [0, 0.1) is 17.0 Å². The minimum atomic E-state index is -0.427. The van der Waals surface area contributed by atoms with Crippen LogP contribution in [0.3, 0.4) is 0 Å². The lowest BCUT2D eigenvalue weighted by molar-refractivity contribution is -0.384. The maximum absolute atomic E-state index is 11.0. The second kappa shape index (κ2) is 5.75. The average molecular weight is 278 g/mol. The molecule has 0 bridgehead atoms. The summed E-state index contributed by atoms with van der Waals surface area (Å²) in [6.45, 7) is 3.81. The van der Waals surface area contributed by atoms with Crippen LogP contribution in [0.2, 0.25) is 0 Å². The zero-order valence-corrected chi connectivity index (χ0v) is 11.5. The highest BCUT2D eigenvalue weighted by atomic mass is 32.1. The van der Waals surface area contributed by atoms with Gasteiger partial charge in [0.05, 0.1) is 11.0 Å². The van der Waals surface area contributed by atoms with Crippen LogP contribution < -0.4 is 5.32 Å². The third kappa shape index (κ3) is 3.05. The molecule has 1 atom stereocenters. The van der Waals surface area contributed by atoms with Gasteiger partial charge in [-0.1, -0.05) is 6.92 Å². The number of hydrogen-bond acceptors (Lipinski definition) is 6. The first-order valence-electron chi connectivity index (χ1n) is 5.89. The molecule has 19 heavy (non-hydrogen) atoms. The predicted molar refractivity (Wildman–Crippen MR) is 74.4 cm³/mol. The summed E-state index contributed by atoms with van der Waals surface area (Å²) in [6.07, 6.45) is 2.50. The molecule has 0 aliphatic carbocycles. The Morgan fingerprint density at radius 2 is 2.32 bits per heavy atom. The van der Waals surface area contributed by atoms with Gasteiger partial charge in [-0.05, 0) is 19.4 Å². The van der Waals surface area contributed by atoms with E-state index < -0.39 is 4.92 Å². The molecule has 0 saturated heterocycles. The van der Waals surface area contributed by atoms with Crippen molar-refractivity contribution in [3.63, 3.8) is 0 Å². The second-order valence-corrected chi connectivity index (χ2v) is 4.98. The summed E-state index contributed by atoms with van der Waals surface area (Å²) in [7, 11) is 0. The van der Waals surface area contributed by atoms with Gasteiger partial charge in [0.25, 0.3) is 0 Å². The number of nitrogens with zero attached hydrogens (tertiary/aromatic N) is 3. The Kier molecular flexibility index (Phi) is 4.06. The van der Waals surface area contributed by atoms with E-state index in [0.717, 1.165) is 17.1 Å². The molecule has 0 radical (unpaired) electrons. The Hall–Kier alpha value is -2.02. The van der Waals surface area contributed by atoms with E-state index in [0.29, 0.717) is 5.82 Å². The number of hydrogen-bond donors (Lipinski definition) is 1. The first-order valence-corrected chi connectivity index (χ1v) is 6.77. The third-order valence-electron chi connectivity index (χ3n) is 2.68. The molecule has 2 heterocycles. The number of thiazole rings is 1. The van der Waals surface area contributed by atoms with Crippen LogP contribution in [-0.2, 0) is 0 Å². The van der Waals surface area contributed by atoms with Gasteiger partial charge in [0, 0.05) is 23.3 Å². The second-order valence-electron chi connectivity index (χ2n) is 4.05. The minimum Gasteiger partial charge on any atom is -0.355 e. The van der Waals surface area contributed by atoms with Gasteiger partial charge in [-0.3, -0.25) is 10.1 Å². The number of aromatic nitrogens is 2. The van der Waals surface area contributed by atoms with E-state index in [4.69, 9.17) is 0 Å². The van der Waals surface area contributed by atoms with Crippen molar-refractivity contribution in [2.24, 2.45) is 0 Å². The number of nitrogens with one attached hydrogen (secondary N) is 1. The zero-order chi connectivity index (χ0) is 13.8. The van der Waals surface area contributed by atoms with Gasteiger partial charge >= 0.3 is 5.69 Å². The largest absolute Gasteiger partial charge is 0.355 e. The molecular weight excluding hydrogens is 264 g/mol. The van der Waals surface area contributed by atoms with Crippen molar-refractivity contribution in [1.82, 2.24) is 9.97 Å². The first-order chi connectivity index (χ1) is 9.11. The number of aryl methyl sites for hydroxylation is 1. The molecule has 7 heteroatoms. The van der Waals surface area contributed by atoms with Gasteiger partial charge in [0.1, 0.15) is 5.01 Å². The fourth-order valence-corrected chi connectivity index (χ4v) is 2.49. The van der Waals surface area contributed by atoms with Crippen molar-refractivity contribution in [2.75, 3.05) is 5.32 Å². The van der Waals surface area contributed by atoms with Crippen molar-refractivity contribution in [1.29, 1.82) is 0 Å². The molecule has 1 N–H and O–H groups in total. The fourth-order valence-electron chi connectivity index (χ4n) is 1.71. The fraction of sp³-hybridized carbons (Fsp3) is 0.333. The van der Waals surface area contributed by atoms with E-state index in [-0.39, 0.29) is 11.7 Å². The highest BCUT2D eigenvalue weighted by Crippen LogP contribution is 2.28. The Balaban J connectivity index is 2.31. The van der Waals surface area contributed by atoms with Gasteiger partial charge < -0.3 is 5.32 Å². The molecule has 0 aliphatic rings. The number of nitro groups is 1. The van der Waals surface area contributed by atoms with Gasteiger partial charge in [0.2, 0.25) is 5.82 Å². The molecule has 0 saturated carbocycles. The smallest absolute Gasteiger partial charge is 0.311 e. The normalized spacial score (nSPS) is 12.1. The predicted octanol–water partition coefficient (Wildman–Crippen LogP) is 3.32. The van der Waals surface area contributed by atoms with Crippen LogP contribution in [0.15, 0.2) is 23.7 Å². The topological polar surface area (TPSA) is 81.0 Å². The van der Waals surface area contributed by atoms with Crippen LogP contribution in [0.25, 0.3) is 0 Å². The van der Waals surface area contributed by atoms with Crippen molar-refractivity contribution in [2.45, 2.75) is 26.3 Å². The maximum atomic E-state index is 11.0. The third-order valence-corrected chi connectivity index (χ3v) is 3.57. The van der Waals surface area contributed by atoms with E-state index in [9.17, 15) is 10.1 Å². The first kappa shape index (κ1) is 13.4. The quantitative estimate of drug-likeness (QED) is 0.670. The molecule has 0 aliphatic heterocycles. The average Bonchev–Trinajstić information content (AvgIpc) is 2.89. The highest BCUT2D eigenvalue weighted by Gasteiger charge is 2.20. The molecule has 1 unspecified atom stereocenters. The molecule has 6 nitrogen and oxygen atoms in total. The Morgan fingerprint density at radius 1 is 1.53 bits per heavy atom. The van der Waals surface area contributed by atoms with E-state index >= 15 is 0 Å². The summed E-state index contributed by atoms with van der Waals surface area (Å²) in [5.74, 6) is 0.298. The molecule has 0 fully saturated rings. The summed E-state index contributed by atoms with van der Waals surface area (Å²) in [4.78, 5) is 19.0. The SMILES string of the molecule is CCC(Nc1nc(C)ccc1[N+](=O)[O-])c1nccs1. The van der Waals surface area contributed by atoms with E-state index in [1.807, 2.05) is 12.3 Å². The van der Waals surface area contributed by atoms with E-state index in [1.165, 1.54) is 17.4 Å². The minimum absolute atomic E-state index is 0.0133. The molecular formula is C12H14N4O2S. The maximum Gasteiger partial charge on any atom is 0.311 e. The lowest BCUT2D eigenvalue weighted by Crippen LogP contribution is -2.12. The van der Waals surface area contributed by atoms with Crippen molar-refractivity contribution in [3.05, 3.63) is 44.5 Å². The van der Waals surface area contributed by atoms with Crippen LogP contribution in [0.5, 0.6) is 0 Å². The van der Waals surface area contributed by atoms with Gasteiger partial charge in [-0.25, -0.2) is 9.97 Å². The van der Waals surface area contributed by atoms with Crippen LogP contribution in [-0.4, -0.2) is 14.9 Å². The van der Waals surface area contributed by atoms with Crippen LogP contribution in [0.4, 0.5) is 11.5 Å². The summed E-state index contributed by atoms with van der Waals surface area (Å²) < 4.78 is 0. The standard InChI is InChI=1S/C12H14N4O2S/c1-3-9(12-13-6-7-19-12)15-11-10(16(17)18)5-4-8(2)14-11/h4-7,9H,3H2,1-2H3,(H,14,15). The van der Waals surface area contributed by atoms with Crippen LogP contribution >= 0.6 is 11.3 Å². The zero-order valence-electron chi connectivity index (χ0n) is 10.7. The Bertz CT molecular complexity index is 571. The summed E-state index contributed by atoms with van der Waals surface area (Å²) in [5.41, 5.74) is 0.725.